The van der Waals surface area contributed by atoms with Gasteiger partial charge in [0.15, 0.2) is 0 Å². The van der Waals surface area contributed by atoms with Crippen LogP contribution in [0, 0.1) is 5.82 Å². The van der Waals surface area contributed by atoms with E-state index in [-0.39, 0.29) is 11.7 Å². The molecule has 0 heterocycles. The highest BCUT2D eigenvalue weighted by atomic mass is 19.1. The first-order valence-corrected chi connectivity index (χ1v) is 8.49. The monoisotopic (exact) mass is 294 g/mol. The molecule has 2 atom stereocenters. The minimum absolute atomic E-state index is 0.0919. The van der Waals surface area contributed by atoms with E-state index in [0.29, 0.717) is 0 Å². The average Bonchev–Trinajstić information content (AvgIpc) is 2.45. The number of aliphatic hydroxyl groups is 1. The van der Waals surface area contributed by atoms with Crippen molar-refractivity contribution in [1.82, 2.24) is 0 Å². The summed E-state index contributed by atoms with van der Waals surface area (Å²) in [5.41, 5.74) is 0.344. The average molecular weight is 294 g/mol. The maximum atomic E-state index is 13.1. The number of rotatable bonds is 10. The molecule has 2 heteroatoms. The van der Waals surface area contributed by atoms with Gasteiger partial charge < -0.3 is 5.11 Å². The number of hydrogen-bond donors (Lipinski definition) is 1. The summed E-state index contributed by atoms with van der Waals surface area (Å²) in [5.74, 6) is -0.123. The van der Waals surface area contributed by atoms with Crippen molar-refractivity contribution in [3.63, 3.8) is 0 Å². The fraction of sp³-hybridized carbons (Fsp3) is 0.684. The SMILES string of the molecule is CCCCCCCC(C)(O)C(CCC)c1ccc(F)cc1. The van der Waals surface area contributed by atoms with Gasteiger partial charge >= 0.3 is 0 Å². The fourth-order valence-corrected chi connectivity index (χ4v) is 3.08. The van der Waals surface area contributed by atoms with Crippen molar-refractivity contribution in [1.29, 1.82) is 0 Å². The predicted molar refractivity (Wildman–Crippen MR) is 88.0 cm³/mol. The molecule has 0 spiro atoms. The van der Waals surface area contributed by atoms with Crippen LogP contribution in [-0.4, -0.2) is 10.7 Å². The smallest absolute Gasteiger partial charge is 0.123 e. The molecule has 0 saturated heterocycles. The summed E-state index contributed by atoms with van der Waals surface area (Å²) in [4.78, 5) is 0. The molecule has 21 heavy (non-hydrogen) atoms. The quantitative estimate of drug-likeness (QED) is 0.539. The van der Waals surface area contributed by atoms with Gasteiger partial charge in [0.2, 0.25) is 0 Å². The molecule has 0 aliphatic heterocycles. The molecule has 0 radical (unpaired) electrons. The Morgan fingerprint density at radius 3 is 2.19 bits per heavy atom. The molecule has 0 aromatic heterocycles. The summed E-state index contributed by atoms with van der Waals surface area (Å²) in [5, 5.41) is 10.9. The molecule has 2 unspecified atom stereocenters. The third kappa shape index (κ3) is 6.17. The Labute approximate surface area is 129 Å². The zero-order chi connectivity index (χ0) is 15.7. The lowest BCUT2D eigenvalue weighted by molar-refractivity contribution is 0.0162. The lowest BCUT2D eigenvalue weighted by Crippen LogP contribution is -2.33. The number of hydrogen-bond acceptors (Lipinski definition) is 1. The predicted octanol–water partition coefficient (Wildman–Crippen LogP) is 5.82. The topological polar surface area (TPSA) is 20.2 Å². The molecule has 0 aliphatic carbocycles. The van der Waals surface area contributed by atoms with Gasteiger partial charge in [-0.15, -0.1) is 0 Å². The van der Waals surface area contributed by atoms with E-state index in [2.05, 4.69) is 13.8 Å². The first-order chi connectivity index (χ1) is 10.0. The zero-order valence-electron chi connectivity index (χ0n) is 13.9. The largest absolute Gasteiger partial charge is 0.390 e. The van der Waals surface area contributed by atoms with Crippen LogP contribution in [0.4, 0.5) is 4.39 Å². The molecule has 1 aromatic carbocycles. The highest BCUT2D eigenvalue weighted by Crippen LogP contribution is 2.36. The summed E-state index contributed by atoms with van der Waals surface area (Å²) < 4.78 is 13.1. The third-order valence-electron chi connectivity index (χ3n) is 4.39. The number of unbranched alkanes of at least 4 members (excludes halogenated alkanes) is 4. The van der Waals surface area contributed by atoms with Crippen LogP contribution in [0.25, 0.3) is 0 Å². The van der Waals surface area contributed by atoms with Crippen molar-refractivity contribution >= 4 is 0 Å². The molecule has 1 rings (SSSR count). The van der Waals surface area contributed by atoms with Crippen molar-refractivity contribution in [2.45, 2.75) is 83.7 Å². The molecular formula is C19H31FO. The Morgan fingerprint density at radius 1 is 1.00 bits per heavy atom. The van der Waals surface area contributed by atoms with Gasteiger partial charge in [-0.3, -0.25) is 0 Å². The first-order valence-electron chi connectivity index (χ1n) is 8.49. The van der Waals surface area contributed by atoms with Gasteiger partial charge in [0.05, 0.1) is 5.60 Å². The molecule has 120 valence electrons. The molecule has 0 saturated carbocycles. The van der Waals surface area contributed by atoms with Gasteiger partial charge in [-0.25, -0.2) is 4.39 Å². The molecule has 0 fully saturated rings. The van der Waals surface area contributed by atoms with Crippen LogP contribution in [-0.2, 0) is 0 Å². The molecule has 1 N–H and O–H groups in total. The maximum absolute atomic E-state index is 13.1. The summed E-state index contributed by atoms with van der Waals surface area (Å²) in [6.45, 7) is 6.28. The van der Waals surface area contributed by atoms with Crippen LogP contribution in [0.1, 0.15) is 83.6 Å². The Morgan fingerprint density at radius 2 is 1.62 bits per heavy atom. The van der Waals surface area contributed by atoms with Gasteiger partial charge in [0.1, 0.15) is 5.82 Å². The van der Waals surface area contributed by atoms with Crippen molar-refractivity contribution in [3.05, 3.63) is 35.6 Å². The van der Waals surface area contributed by atoms with E-state index in [4.69, 9.17) is 0 Å². The van der Waals surface area contributed by atoms with E-state index in [1.165, 1.54) is 37.8 Å². The van der Waals surface area contributed by atoms with Crippen LogP contribution < -0.4 is 0 Å². The standard InChI is InChI=1S/C19H31FO/c1-4-6-7-8-9-15-19(3,21)18(10-5-2)16-11-13-17(20)14-12-16/h11-14,18,21H,4-10,15H2,1-3H3. The molecule has 1 aromatic rings. The van der Waals surface area contributed by atoms with Gasteiger partial charge in [0, 0.05) is 5.92 Å². The Hall–Kier alpha value is -0.890. The van der Waals surface area contributed by atoms with Gasteiger partial charge in [0.25, 0.3) is 0 Å². The van der Waals surface area contributed by atoms with Crippen LogP contribution >= 0.6 is 0 Å². The normalized spacial score (nSPS) is 15.7. The van der Waals surface area contributed by atoms with E-state index in [9.17, 15) is 9.50 Å². The molecule has 0 bridgehead atoms. The molecule has 1 nitrogen and oxygen atoms in total. The van der Waals surface area contributed by atoms with Crippen LogP contribution in [0.2, 0.25) is 0 Å². The second-order valence-electron chi connectivity index (χ2n) is 6.41. The van der Waals surface area contributed by atoms with Crippen molar-refractivity contribution in [3.8, 4) is 0 Å². The molecular weight excluding hydrogens is 263 g/mol. The van der Waals surface area contributed by atoms with E-state index in [1.54, 1.807) is 0 Å². The second-order valence-corrected chi connectivity index (χ2v) is 6.41. The minimum Gasteiger partial charge on any atom is -0.390 e. The Kier molecular flexibility index (Phi) is 7.95. The number of halogens is 1. The molecule has 0 aliphatic rings. The van der Waals surface area contributed by atoms with Gasteiger partial charge in [-0.1, -0.05) is 64.5 Å². The Balaban J connectivity index is 2.66. The zero-order valence-corrected chi connectivity index (χ0v) is 13.9. The van der Waals surface area contributed by atoms with Gasteiger partial charge in [-0.05, 0) is 37.5 Å². The van der Waals surface area contributed by atoms with E-state index < -0.39 is 5.60 Å². The minimum atomic E-state index is -0.708. The third-order valence-corrected chi connectivity index (χ3v) is 4.39. The lowest BCUT2D eigenvalue weighted by Gasteiger charge is -2.33. The van der Waals surface area contributed by atoms with E-state index in [1.807, 2.05) is 19.1 Å². The van der Waals surface area contributed by atoms with Gasteiger partial charge in [-0.2, -0.15) is 0 Å². The lowest BCUT2D eigenvalue weighted by atomic mass is 9.77. The highest BCUT2D eigenvalue weighted by molar-refractivity contribution is 5.23. The van der Waals surface area contributed by atoms with E-state index >= 15 is 0 Å². The summed E-state index contributed by atoms with van der Waals surface area (Å²) in [7, 11) is 0. The highest BCUT2D eigenvalue weighted by Gasteiger charge is 2.31. The second kappa shape index (κ2) is 9.19. The van der Waals surface area contributed by atoms with Crippen LogP contribution in [0.3, 0.4) is 0 Å². The summed E-state index contributed by atoms with van der Waals surface area (Å²) in [6.07, 6.45) is 8.80. The first kappa shape index (κ1) is 18.2. The van der Waals surface area contributed by atoms with Crippen molar-refractivity contribution in [2.24, 2.45) is 0 Å². The number of benzene rings is 1. The molecule has 0 amide bonds. The van der Waals surface area contributed by atoms with Crippen LogP contribution in [0.15, 0.2) is 24.3 Å². The maximum Gasteiger partial charge on any atom is 0.123 e. The van der Waals surface area contributed by atoms with Crippen LogP contribution in [0.5, 0.6) is 0 Å². The van der Waals surface area contributed by atoms with Crippen molar-refractivity contribution in [2.75, 3.05) is 0 Å². The van der Waals surface area contributed by atoms with Crippen molar-refractivity contribution < 1.29 is 9.50 Å². The summed E-state index contributed by atoms with van der Waals surface area (Å²) in [6, 6.07) is 6.63. The summed E-state index contributed by atoms with van der Waals surface area (Å²) >= 11 is 0. The fourth-order valence-electron chi connectivity index (χ4n) is 3.08. The Bertz CT molecular complexity index is 383. The van der Waals surface area contributed by atoms with E-state index in [0.717, 1.165) is 31.2 Å².